The number of benzene rings is 2. The Hall–Kier alpha value is -2.33. The minimum Gasteiger partial charge on any atom is -0.540 e. The van der Waals surface area contributed by atoms with E-state index in [4.69, 9.17) is 4.43 Å². The van der Waals surface area contributed by atoms with Gasteiger partial charge in [0.2, 0.25) is 0 Å². The lowest BCUT2D eigenvalue weighted by molar-refractivity contribution is -0.140. The molecular weight excluding hydrogens is 376 g/mol. The van der Waals surface area contributed by atoms with Crippen molar-refractivity contribution in [1.29, 1.82) is 0 Å². The van der Waals surface area contributed by atoms with Crippen molar-refractivity contribution in [2.75, 3.05) is 7.11 Å². The molecule has 0 aliphatic heterocycles. The largest absolute Gasteiger partial charge is 0.540 e. The summed E-state index contributed by atoms with van der Waals surface area (Å²) in [5.74, 6) is -0.129. The monoisotopic (exact) mass is 410 g/mol. The minimum absolute atomic E-state index is 0.0272. The van der Waals surface area contributed by atoms with Gasteiger partial charge in [-0.05, 0) is 34.7 Å². The highest BCUT2D eigenvalue weighted by atomic mass is 28.4. The molecule has 0 radical (unpaired) electrons. The molecule has 0 saturated carbocycles. The second-order valence-electron chi connectivity index (χ2n) is 8.33. The first-order chi connectivity index (χ1) is 13.9. The molecular formula is C25H34O3Si. The standard InChI is InChI=1S/C25H34O3Si/c1-25(2,3)29(22-16-10-8-11-17-22,23-18-12-9-13-19-23)28-21-15-7-5-6-14-20-24(26)27-4/h8-13,15-19,21H,5-7,14,20H2,1-4H3/b21-15-. The summed E-state index contributed by atoms with van der Waals surface area (Å²) in [6, 6.07) is 21.3. The van der Waals surface area contributed by atoms with Gasteiger partial charge in [-0.15, -0.1) is 0 Å². The van der Waals surface area contributed by atoms with Crippen molar-refractivity contribution in [2.45, 2.75) is 57.9 Å². The van der Waals surface area contributed by atoms with Crippen molar-refractivity contribution in [3.8, 4) is 0 Å². The molecule has 0 atom stereocenters. The molecule has 0 N–H and O–H groups in total. The molecule has 0 aromatic heterocycles. The van der Waals surface area contributed by atoms with Crippen LogP contribution in [0.3, 0.4) is 0 Å². The second-order valence-corrected chi connectivity index (χ2v) is 12.6. The van der Waals surface area contributed by atoms with Crippen LogP contribution in [0.5, 0.6) is 0 Å². The Morgan fingerprint density at radius 1 is 0.897 bits per heavy atom. The van der Waals surface area contributed by atoms with Crippen molar-refractivity contribution < 1.29 is 14.0 Å². The van der Waals surface area contributed by atoms with Crippen LogP contribution in [-0.2, 0) is 14.0 Å². The minimum atomic E-state index is -2.49. The topological polar surface area (TPSA) is 35.5 Å². The summed E-state index contributed by atoms with van der Waals surface area (Å²) in [6.45, 7) is 6.83. The molecule has 156 valence electrons. The lowest BCUT2D eigenvalue weighted by Crippen LogP contribution is -2.65. The summed E-state index contributed by atoms with van der Waals surface area (Å²) in [7, 11) is -1.05. The molecule has 0 aliphatic rings. The first-order valence-electron chi connectivity index (χ1n) is 10.4. The lowest BCUT2D eigenvalue weighted by atomic mass is 10.1. The molecule has 4 heteroatoms. The molecule has 0 spiro atoms. The molecule has 29 heavy (non-hydrogen) atoms. The van der Waals surface area contributed by atoms with Crippen LogP contribution < -0.4 is 10.4 Å². The fourth-order valence-corrected chi connectivity index (χ4v) is 8.04. The van der Waals surface area contributed by atoms with E-state index in [0.717, 1.165) is 25.7 Å². The molecule has 2 aromatic carbocycles. The Morgan fingerprint density at radius 3 is 1.93 bits per heavy atom. The number of esters is 1. The van der Waals surface area contributed by atoms with Crippen LogP contribution in [0.4, 0.5) is 0 Å². The number of carbonyl (C=O) groups excluding carboxylic acids is 1. The predicted octanol–water partition coefficient (Wildman–Crippen LogP) is 5.20. The van der Waals surface area contributed by atoms with Crippen molar-refractivity contribution in [3.63, 3.8) is 0 Å². The number of hydrogen-bond donors (Lipinski definition) is 0. The normalized spacial score (nSPS) is 12.1. The Bertz CT molecular complexity index is 724. The van der Waals surface area contributed by atoms with Gasteiger partial charge in [0.05, 0.1) is 13.4 Å². The third-order valence-corrected chi connectivity index (χ3v) is 10.1. The van der Waals surface area contributed by atoms with E-state index < -0.39 is 8.32 Å². The number of methoxy groups -OCH3 is 1. The van der Waals surface area contributed by atoms with Gasteiger partial charge >= 0.3 is 14.3 Å². The molecule has 2 aromatic rings. The van der Waals surface area contributed by atoms with E-state index in [9.17, 15) is 4.79 Å². The number of ether oxygens (including phenoxy) is 1. The fraction of sp³-hybridized carbons (Fsp3) is 0.400. The summed E-state index contributed by atoms with van der Waals surface area (Å²) < 4.78 is 11.4. The maximum atomic E-state index is 11.2. The van der Waals surface area contributed by atoms with Crippen molar-refractivity contribution >= 4 is 24.7 Å². The molecule has 0 amide bonds. The highest BCUT2D eigenvalue weighted by molar-refractivity contribution is 6.99. The van der Waals surface area contributed by atoms with E-state index in [-0.39, 0.29) is 11.0 Å². The Morgan fingerprint density at radius 2 is 1.45 bits per heavy atom. The van der Waals surface area contributed by atoms with Gasteiger partial charge in [0.15, 0.2) is 0 Å². The molecule has 0 heterocycles. The lowest BCUT2D eigenvalue weighted by Gasteiger charge is -2.41. The molecule has 0 bridgehead atoms. The van der Waals surface area contributed by atoms with E-state index in [1.165, 1.54) is 17.5 Å². The van der Waals surface area contributed by atoms with Crippen LogP contribution in [0.1, 0.15) is 52.9 Å². The highest BCUT2D eigenvalue weighted by Crippen LogP contribution is 2.36. The maximum absolute atomic E-state index is 11.2. The zero-order valence-corrected chi connectivity index (χ0v) is 19.2. The molecule has 2 rings (SSSR count). The summed E-state index contributed by atoms with van der Waals surface area (Å²) >= 11 is 0. The van der Waals surface area contributed by atoms with Crippen LogP contribution in [0.15, 0.2) is 73.0 Å². The third-order valence-electron chi connectivity index (χ3n) is 5.24. The van der Waals surface area contributed by atoms with E-state index >= 15 is 0 Å². The van der Waals surface area contributed by atoms with E-state index in [1.54, 1.807) is 0 Å². The Balaban J connectivity index is 2.14. The molecule has 0 fully saturated rings. The van der Waals surface area contributed by atoms with E-state index in [1.807, 2.05) is 6.26 Å². The van der Waals surface area contributed by atoms with Crippen LogP contribution in [0.2, 0.25) is 5.04 Å². The highest BCUT2D eigenvalue weighted by Gasteiger charge is 2.51. The van der Waals surface area contributed by atoms with Crippen molar-refractivity contribution in [2.24, 2.45) is 0 Å². The maximum Gasteiger partial charge on any atom is 0.319 e. The number of allylic oxidation sites excluding steroid dienone is 1. The van der Waals surface area contributed by atoms with Gasteiger partial charge in [0.1, 0.15) is 0 Å². The first kappa shape index (κ1) is 23.0. The smallest absolute Gasteiger partial charge is 0.319 e. The predicted molar refractivity (Wildman–Crippen MR) is 123 cm³/mol. The number of rotatable bonds is 10. The average molecular weight is 411 g/mol. The number of hydrogen-bond acceptors (Lipinski definition) is 3. The Labute approximate surface area is 176 Å². The fourth-order valence-electron chi connectivity index (χ4n) is 3.72. The van der Waals surface area contributed by atoms with Crippen molar-refractivity contribution in [1.82, 2.24) is 0 Å². The van der Waals surface area contributed by atoms with Gasteiger partial charge in [-0.2, -0.15) is 0 Å². The third kappa shape index (κ3) is 6.07. The van der Waals surface area contributed by atoms with E-state index in [2.05, 4.69) is 92.2 Å². The zero-order valence-electron chi connectivity index (χ0n) is 18.2. The van der Waals surface area contributed by atoms with Crippen LogP contribution in [-0.4, -0.2) is 21.4 Å². The summed E-state index contributed by atoms with van der Waals surface area (Å²) in [4.78, 5) is 11.2. The van der Waals surface area contributed by atoms with Gasteiger partial charge in [-0.3, -0.25) is 4.79 Å². The van der Waals surface area contributed by atoms with Gasteiger partial charge in [0.25, 0.3) is 0 Å². The van der Waals surface area contributed by atoms with Crippen LogP contribution in [0, 0.1) is 0 Å². The molecule has 0 aliphatic carbocycles. The summed E-state index contributed by atoms with van der Waals surface area (Å²) in [5.41, 5.74) is 0. The zero-order chi connectivity index (χ0) is 21.2. The van der Waals surface area contributed by atoms with Crippen LogP contribution >= 0.6 is 0 Å². The molecule has 0 saturated heterocycles. The number of carbonyl (C=O) groups is 1. The number of unbranched alkanes of at least 4 members (excludes halogenated alkanes) is 3. The quantitative estimate of drug-likeness (QED) is 0.234. The van der Waals surface area contributed by atoms with Gasteiger partial charge < -0.3 is 9.16 Å². The van der Waals surface area contributed by atoms with E-state index in [0.29, 0.717) is 6.42 Å². The molecule has 3 nitrogen and oxygen atoms in total. The SMILES string of the molecule is COC(=O)CCCCC/C=C\O[Si](c1ccccc1)(c1ccccc1)C(C)(C)C. The second kappa shape index (κ2) is 11.0. The average Bonchev–Trinajstić information content (AvgIpc) is 2.73. The first-order valence-corrected chi connectivity index (χ1v) is 12.3. The van der Waals surface area contributed by atoms with Crippen LogP contribution in [0.25, 0.3) is 0 Å². The van der Waals surface area contributed by atoms with Gasteiger partial charge in [-0.1, -0.05) is 93.9 Å². The molecule has 0 unspecified atom stereocenters. The van der Waals surface area contributed by atoms with Gasteiger partial charge in [0, 0.05) is 6.42 Å². The van der Waals surface area contributed by atoms with Crippen molar-refractivity contribution in [3.05, 3.63) is 73.0 Å². The van der Waals surface area contributed by atoms with Gasteiger partial charge in [-0.25, -0.2) is 0 Å². The summed E-state index contributed by atoms with van der Waals surface area (Å²) in [5, 5.41) is 2.53. The Kier molecular flexibility index (Phi) is 8.71. The summed E-state index contributed by atoms with van der Waals surface area (Å²) in [6.07, 6.45) is 8.40.